The van der Waals surface area contributed by atoms with Crippen LogP contribution >= 0.6 is 11.6 Å². The van der Waals surface area contributed by atoms with Crippen LogP contribution in [0.1, 0.15) is 42.1 Å². The zero-order chi connectivity index (χ0) is 26.5. The Bertz CT molecular complexity index is 1340. The lowest BCUT2D eigenvalue weighted by Gasteiger charge is -2.19. The van der Waals surface area contributed by atoms with Crippen LogP contribution in [0.3, 0.4) is 0 Å². The van der Waals surface area contributed by atoms with Crippen molar-refractivity contribution in [3.05, 3.63) is 81.9 Å². The molecule has 9 heteroatoms. The van der Waals surface area contributed by atoms with E-state index in [-0.39, 0.29) is 34.2 Å². The summed E-state index contributed by atoms with van der Waals surface area (Å²) < 4.78 is 39.0. The Hall–Kier alpha value is -3.23. The number of sulfonamides is 1. The molecular formula is C27H31ClN2O5S. The molecule has 0 radical (unpaired) electrons. The predicted molar refractivity (Wildman–Crippen MR) is 143 cm³/mol. The molecule has 3 aromatic carbocycles. The summed E-state index contributed by atoms with van der Waals surface area (Å²) >= 11 is 6.27. The highest BCUT2D eigenvalue weighted by molar-refractivity contribution is 7.92. The van der Waals surface area contributed by atoms with Crippen LogP contribution in [0.25, 0.3) is 0 Å². The molecular weight excluding hydrogens is 500 g/mol. The third-order valence-electron chi connectivity index (χ3n) is 5.72. The van der Waals surface area contributed by atoms with Crippen molar-refractivity contribution in [2.75, 3.05) is 17.9 Å². The highest BCUT2D eigenvalue weighted by Gasteiger charge is 2.18. The van der Waals surface area contributed by atoms with Gasteiger partial charge >= 0.3 is 0 Å². The number of amides is 1. The second-order valence-corrected chi connectivity index (χ2v) is 10.6. The van der Waals surface area contributed by atoms with Crippen LogP contribution in [0.2, 0.25) is 5.02 Å². The van der Waals surface area contributed by atoms with Gasteiger partial charge in [0.05, 0.1) is 22.6 Å². The highest BCUT2D eigenvalue weighted by atomic mass is 35.5. The molecule has 0 bridgehead atoms. The monoisotopic (exact) mass is 530 g/mol. The average molecular weight is 531 g/mol. The van der Waals surface area contributed by atoms with Crippen molar-refractivity contribution in [2.24, 2.45) is 0 Å². The van der Waals surface area contributed by atoms with E-state index in [4.69, 9.17) is 21.1 Å². The number of ether oxygens (including phenoxy) is 2. The summed E-state index contributed by atoms with van der Waals surface area (Å²) in [6, 6.07) is 14.6. The molecule has 0 aliphatic carbocycles. The minimum absolute atomic E-state index is 0.0305. The molecule has 192 valence electrons. The normalized spacial score (nSPS) is 12.1. The first-order chi connectivity index (χ1) is 17.0. The number of halogens is 1. The lowest BCUT2D eigenvalue weighted by molar-refractivity contribution is -0.123. The first-order valence-corrected chi connectivity index (χ1v) is 13.4. The summed E-state index contributed by atoms with van der Waals surface area (Å²) in [7, 11) is -3.88. The number of nitrogens with one attached hydrogen (secondary N) is 2. The second kappa shape index (κ2) is 11.7. The van der Waals surface area contributed by atoms with Crippen LogP contribution in [-0.4, -0.2) is 27.5 Å². The minimum Gasteiger partial charge on any atom is -0.494 e. The number of rotatable bonds is 10. The van der Waals surface area contributed by atoms with Gasteiger partial charge in [0.2, 0.25) is 0 Å². The first kappa shape index (κ1) is 27.4. The summed E-state index contributed by atoms with van der Waals surface area (Å²) in [6.07, 6.45) is 0. The third-order valence-corrected chi connectivity index (χ3v) is 7.39. The fourth-order valence-electron chi connectivity index (χ4n) is 3.72. The SMILES string of the molecule is CCOc1ccc(NS(=O)(=O)c2ccc(OCC(=O)NC(C)c3cc(C)c(C)cc3C)c(Cl)c2)cc1. The number of hydrogen-bond donors (Lipinski definition) is 2. The van der Waals surface area contributed by atoms with Crippen molar-refractivity contribution in [1.82, 2.24) is 5.32 Å². The van der Waals surface area contributed by atoms with E-state index in [2.05, 4.69) is 29.1 Å². The van der Waals surface area contributed by atoms with Crippen LogP contribution in [0, 0.1) is 20.8 Å². The topological polar surface area (TPSA) is 93.7 Å². The molecule has 1 amide bonds. The van der Waals surface area contributed by atoms with E-state index in [0.717, 1.165) is 16.7 Å². The summed E-state index contributed by atoms with van der Waals surface area (Å²) in [5, 5.41) is 3.01. The largest absolute Gasteiger partial charge is 0.494 e. The van der Waals surface area contributed by atoms with E-state index in [1.54, 1.807) is 24.3 Å². The maximum atomic E-state index is 12.8. The number of carbonyl (C=O) groups is 1. The fourth-order valence-corrected chi connectivity index (χ4v) is 5.10. The summed E-state index contributed by atoms with van der Waals surface area (Å²) in [6.45, 7) is 10.2. The van der Waals surface area contributed by atoms with Gasteiger partial charge in [0, 0.05) is 5.69 Å². The molecule has 0 heterocycles. The van der Waals surface area contributed by atoms with Gasteiger partial charge in [-0.1, -0.05) is 23.7 Å². The van der Waals surface area contributed by atoms with Gasteiger partial charge in [0.15, 0.2) is 6.61 Å². The fraction of sp³-hybridized carbons (Fsp3) is 0.296. The zero-order valence-electron chi connectivity index (χ0n) is 21.0. The molecule has 2 N–H and O–H groups in total. The van der Waals surface area contributed by atoms with Crippen molar-refractivity contribution >= 4 is 33.2 Å². The van der Waals surface area contributed by atoms with E-state index in [9.17, 15) is 13.2 Å². The van der Waals surface area contributed by atoms with Gasteiger partial charge in [0.25, 0.3) is 15.9 Å². The van der Waals surface area contributed by atoms with E-state index in [1.807, 2.05) is 27.7 Å². The van der Waals surface area contributed by atoms with Crippen LogP contribution in [0.4, 0.5) is 5.69 Å². The second-order valence-electron chi connectivity index (χ2n) is 8.53. The minimum atomic E-state index is -3.88. The third kappa shape index (κ3) is 6.92. The smallest absolute Gasteiger partial charge is 0.261 e. The Balaban J connectivity index is 1.61. The Kier molecular flexibility index (Phi) is 8.87. The van der Waals surface area contributed by atoms with E-state index < -0.39 is 10.0 Å². The Labute approximate surface area is 217 Å². The standard InChI is InChI=1S/C27H31ClN2O5S/c1-6-34-22-9-7-21(8-10-22)30-36(32,33)23-11-12-26(25(28)15-23)35-16-27(31)29-20(5)24-14-18(3)17(2)13-19(24)4/h7-15,20,30H,6,16H2,1-5H3,(H,29,31). The lowest BCUT2D eigenvalue weighted by Crippen LogP contribution is -2.31. The van der Waals surface area contributed by atoms with E-state index in [1.165, 1.54) is 23.8 Å². The number of benzene rings is 3. The number of hydrogen-bond acceptors (Lipinski definition) is 5. The zero-order valence-corrected chi connectivity index (χ0v) is 22.6. The first-order valence-electron chi connectivity index (χ1n) is 11.5. The molecule has 0 fully saturated rings. The van der Waals surface area contributed by atoms with E-state index in [0.29, 0.717) is 18.0 Å². The van der Waals surface area contributed by atoms with Crippen molar-refractivity contribution < 1.29 is 22.7 Å². The van der Waals surface area contributed by atoms with Crippen molar-refractivity contribution in [1.29, 1.82) is 0 Å². The Morgan fingerprint density at radius 3 is 2.25 bits per heavy atom. The summed E-state index contributed by atoms with van der Waals surface area (Å²) in [4.78, 5) is 12.4. The lowest BCUT2D eigenvalue weighted by atomic mass is 9.96. The van der Waals surface area contributed by atoms with Gasteiger partial charge in [-0.15, -0.1) is 0 Å². The van der Waals surface area contributed by atoms with Gasteiger partial charge in [-0.2, -0.15) is 0 Å². The predicted octanol–water partition coefficient (Wildman–Crippen LogP) is 5.72. The molecule has 36 heavy (non-hydrogen) atoms. The van der Waals surface area contributed by atoms with Gasteiger partial charge in [-0.3, -0.25) is 9.52 Å². The maximum Gasteiger partial charge on any atom is 0.261 e. The van der Waals surface area contributed by atoms with Gasteiger partial charge in [-0.05, 0) is 99.3 Å². The molecule has 0 aliphatic heterocycles. The summed E-state index contributed by atoms with van der Waals surface area (Å²) in [5.74, 6) is 0.541. The Morgan fingerprint density at radius 2 is 1.61 bits per heavy atom. The molecule has 1 unspecified atom stereocenters. The molecule has 0 saturated carbocycles. The van der Waals surface area contributed by atoms with Crippen LogP contribution < -0.4 is 19.5 Å². The van der Waals surface area contributed by atoms with Crippen molar-refractivity contribution in [3.8, 4) is 11.5 Å². The van der Waals surface area contributed by atoms with Gasteiger partial charge in [0.1, 0.15) is 11.5 Å². The van der Waals surface area contributed by atoms with Gasteiger partial charge in [-0.25, -0.2) is 8.42 Å². The highest BCUT2D eigenvalue weighted by Crippen LogP contribution is 2.29. The number of aryl methyl sites for hydroxylation is 3. The summed E-state index contributed by atoms with van der Waals surface area (Å²) in [5.41, 5.74) is 4.89. The number of anilines is 1. The molecule has 0 spiro atoms. The van der Waals surface area contributed by atoms with E-state index >= 15 is 0 Å². The van der Waals surface area contributed by atoms with Crippen LogP contribution in [-0.2, 0) is 14.8 Å². The molecule has 7 nitrogen and oxygen atoms in total. The number of carbonyl (C=O) groups excluding carboxylic acids is 1. The van der Waals surface area contributed by atoms with Crippen molar-refractivity contribution in [3.63, 3.8) is 0 Å². The Morgan fingerprint density at radius 1 is 0.944 bits per heavy atom. The molecule has 3 rings (SSSR count). The molecule has 0 aliphatic rings. The average Bonchev–Trinajstić information content (AvgIpc) is 2.81. The molecule has 3 aromatic rings. The molecule has 0 saturated heterocycles. The van der Waals surface area contributed by atoms with Gasteiger partial charge < -0.3 is 14.8 Å². The van der Waals surface area contributed by atoms with Crippen LogP contribution in [0.15, 0.2) is 59.5 Å². The van der Waals surface area contributed by atoms with Crippen LogP contribution in [0.5, 0.6) is 11.5 Å². The van der Waals surface area contributed by atoms with Crippen molar-refractivity contribution in [2.45, 2.75) is 45.6 Å². The molecule has 1 atom stereocenters. The quantitative estimate of drug-likeness (QED) is 0.349. The molecule has 0 aromatic heterocycles. The maximum absolute atomic E-state index is 12.8.